The van der Waals surface area contributed by atoms with Crippen molar-refractivity contribution in [3.05, 3.63) is 61.2 Å². The molecule has 0 aliphatic carbocycles. The number of hydrogen-bond acceptors (Lipinski definition) is 6. The quantitative estimate of drug-likeness (QED) is 0.321. The van der Waals surface area contributed by atoms with E-state index in [0.717, 1.165) is 9.78 Å². The molecule has 9 heteroatoms. The van der Waals surface area contributed by atoms with Gasteiger partial charge >= 0.3 is 5.69 Å². The van der Waals surface area contributed by atoms with Gasteiger partial charge in [-0.3, -0.25) is 14.9 Å². The van der Waals surface area contributed by atoms with Crippen molar-refractivity contribution in [2.75, 3.05) is 7.11 Å². The summed E-state index contributed by atoms with van der Waals surface area (Å²) in [5, 5.41) is 24.5. The highest BCUT2D eigenvalue weighted by atomic mass is 127. The first-order chi connectivity index (χ1) is 11.4. The Labute approximate surface area is 150 Å². The third-order valence-electron chi connectivity index (χ3n) is 2.99. The second kappa shape index (κ2) is 7.73. The van der Waals surface area contributed by atoms with Gasteiger partial charge in [-0.2, -0.15) is 5.10 Å². The van der Waals surface area contributed by atoms with Crippen molar-refractivity contribution in [1.29, 1.82) is 0 Å². The van der Waals surface area contributed by atoms with Crippen LogP contribution in [0, 0.1) is 13.7 Å². The third kappa shape index (κ3) is 3.98. The number of nitro benzene ring substituents is 1. The SMILES string of the molecule is COc1c(O)ccc(C=NNC(=O)c2cccc(I)c2)c1[N+](=O)[O-]. The van der Waals surface area contributed by atoms with E-state index in [1.54, 1.807) is 18.2 Å². The highest BCUT2D eigenvalue weighted by Crippen LogP contribution is 2.37. The highest BCUT2D eigenvalue weighted by Gasteiger charge is 2.23. The summed E-state index contributed by atoms with van der Waals surface area (Å²) in [6.07, 6.45) is 1.12. The average Bonchev–Trinajstić information content (AvgIpc) is 2.55. The van der Waals surface area contributed by atoms with E-state index >= 15 is 0 Å². The molecule has 2 aromatic carbocycles. The Balaban J connectivity index is 2.23. The molecule has 0 saturated heterocycles. The molecule has 2 rings (SSSR count). The normalized spacial score (nSPS) is 10.6. The van der Waals surface area contributed by atoms with Gasteiger partial charge in [0, 0.05) is 9.13 Å². The summed E-state index contributed by atoms with van der Waals surface area (Å²) in [7, 11) is 1.21. The minimum atomic E-state index is -0.693. The number of phenolic OH excluding ortho intramolecular Hbond substituents is 1. The van der Waals surface area contributed by atoms with Crippen LogP contribution in [0.5, 0.6) is 11.5 Å². The number of methoxy groups -OCH3 is 1. The molecule has 0 aliphatic heterocycles. The Hall–Kier alpha value is -2.69. The lowest BCUT2D eigenvalue weighted by Gasteiger charge is -2.06. The van der Waals surface area contributed by atoms with Gasteiger partial charge in [-0.15, -0.1) is 0 Å². The molecule has 0 spiro atoms. The fourth-order valence-electron chi connectivity index (χ4n) is 1.92. The fourth-order valence-corrected chi connectivity index (χ4v) is 2.47. The van der Waals surface area contributed by atoms with Crippen LogP contribution in [0.4, 0.5) is 5.69 Å². The van der Waals surface area contributed by atoms with E-state index in [4.69, 9.17) is 4.74 Å². The first-order valence-corrected chi connectivity index (χ1v) is 7.65. The van der Waals surface area contributed by atoms with Gasteiger partial charge in [-0.05, 0) is 52.9 Å². The zero-order valence-corrected chi connectivity index (χ0v) is 14.6. The Bertz CT molecular complexity index is 823. The summed E-state index contributed by atoms with van der Waals surface area (Å²) in [5.41, 5.74) is 2.35. The number of phenols is 1. The fraction of sp³-hybridized carbons (Fsp3) is 0.0667. The summed E-state index contributed by atoms with van der Waals surface area (Å²) in [4.78, 5) is 22.4. The molecule has 0 fully saturated rings. The summed E-state index contributed by atoms with van der Waals surface area (Å²) >= 11 is 2.08. The maximum absolute atomic E-state index is 12.0. The molecule has 0 radical (unpaired) electrons. The number of amides is 1. The van der Waals surface area contributed by atoms with Crippen LogP contribution in [0.2, 0.25) is 0 Å². The molecule has 0 unspecified atom stereocenters. The molecule has 0 heterocycles. The zero-order chi connectivity index (χ0) is 17.7. The van der Waals surface area contributed by atoms with E-state index in [0.29, 0.717) is 5.56 Å². The molecule has 0 saturated carbocycles. The number of nitrogens with one attached hydrogen (secondary N) is 1. The van der Waals surface area contributed by atoms with Crippen molar-refractivity contribution in [2.24, 2.45) is 5.10 Å². The molecule has 0 atom stereocenters. The van der Waals surface area contributed by atoms with Crippen LogP contribution in [0.15, 0.2) is 41.5 Å². The lowest BCUT2D eigenvalue weighted by Crippen LogP contribution is -2.17. The van der Waals surface area contributed by atoms with Crippen LogP contribution < -0.4 is 10.2 Å². The summed E-state index contributed by atoms with van der Waals surface area (Å²) in [5.74, 6) is -1.07. The van der Waals surface area contributed by atoms with E-state index in [9.17, 15) is 20.0 Å². The van der Waals surface area contributed by atoms with Crippen molar-refractivity contribution >= 4 is 40.4 Å². The molecule has 0 aliphatic rings. The van der Waals surface area contributed by atoms with Gasteiger partial charge < -0.3 is 9.84 Å². The van der Waals surface area contributed by atoms with Crippen molar-refractivity contribution in [3.63, 3.8) is 0 Å². The van der Waals surface area contributed by atoms with Gasteiger partial charge in [0.1, 0.15) is 0 Å². The number of carbonyl (C=O) groups is 1. The lowest BCUT2D eigenvalue weighted by atomic mass is 10.1. The van der Waals surface area contributed by atoms with Crippen molar-refractivity contribution in [3.8, 4) is 11.5 Å². The first kappa shape index (κ1) is 17.7. The second-order valence-corrected chi connectivity index (χ2v) is 5.77. The Morgan fingerprint density at radius 2 is 2.17 bits per heavy atom. The average molecular weight is 441 g/mol. The van der Waals surface area contributed by atoms with E-state index in [-0.39, 0.29) is 17.1 Å². The number of rotatable bonds is 5. The number of hydrazone groups is 1. The second-order valence-electron chi connectivity index (χ2n) is 4.52. The van der Waals surface area contributed by atoms with E-state index < -0.39 is 16.5 Å². The number of hydrogen-bond donors (Lipinski definition) is 2. The summed E-state index contributed by atoms with van der Waals surface area (Å²) in [6, 6.07) is 9.42. The van der Waals surface area contributed by atoms with Gasteiger partial charge in [0.25, 0.3) is 5.91 Å². The maximum atomic E-state index is 12.0. The van der Waals surface area contributed by atoms with Crippen molar-refractivity contribution < 1.29 is 19.6 Å². The van der Waals surface area contributed by atoms with Crippen LogP contribution in [0.1, 0.15) is 15.9 Å². The first-order valence-electron chi connectivity index (χ1n) is 6.57. The molecular formula is C15H12IN3O5. The molecule has 0 bridgehead atoms. The topological polar surface area (TPSA) is 114 Å². The lowest BCUT2D eigenvalue weighted by molar-refractivity contribution is -0.386. The molecular weight excluding hydrogens is 429 g/mol. The van der Waals surface area contributed by atoms with E-state index in [1.165, 1.54) is 19.2 Å². The number of carbonyl (C=O) groups excluding carboxylic acids is 1. The van der Waals surface area contributed by atoms with E-state index in [2.05, 4.69) is 33.1 Å². The number of nitrogens with zero attached hydrogens (tertiary/aromatic N) is 2. The molecule has 1 amide bonds. The van der Waals surface area contributed by atoms with Gasteiger partial charge in [0.2, 0.25) is 5.75 Å². The Kier molecular flexibility index (Phi) is 5.68. The van der Waals surface area contributed by atoms with Crippen LogP contribution in [-0.2, 0) is 0 Å². The van der Waals surface area contributed by atoms with Gasteiger partial charge in [0.15, 0.2) is 5.75 Å². The molecule has 2 N–H and O–H groups in total. The predicted molar refractivity (Wildman–Crippen MR) is 95.5 cm³/mol. The van der Waals surface area contributed by atoms with Crippen molar-refractivity contribution in [1.82, 2.24) is 5.43 Å². The molecule has 0 aromatic heterocycles. The number of halogens is 1. The highest BCUT2D eigenvalue weighted by molar-refractivity contribution is 14.1. The number of nitro groups is 1. The smallest absolute Gasteiger partial charge is 0.323 e. The van der Waals surface area contributed by atoms with Gasteiger partial charge in [0.05, 0.1) is 23.8 Å². The van der Waals surface area contributed by atoms with Crippen LogP contribution >= 0.6 is 22.6 Å². The molecule has 24 heavy (non-hydrogen) atoms. The predicted octanol–water partition coefficient (Wildman–Crippen LogP) is 2.68. The monoisotopic (exact) mass is 441 g/mol. The number of benzene rings is 2. The van der Waals surface area contributed by atoms with Crippen LogP contribution in [0.25, 0.3) is 0 Å². The minimum Gasteiger partial charge on any atom is -0.504 e. The molecule has 2 aromatic rings. The number of ether oxygens (including phenoxy) is 1. The zero-order valence-electron chi connectivity index (χ0n) is 12.4. The standard InChI is InChI=1S/C15H12IN3O5/c1-24-14-12(20)6-5-10(13(14)19(22)23)8-17-18-15(21)9-3-2-4-11(16)7-9/h2-8,20H,1H3,(H,18,21). The van der Waals surface area contributed by atoms with Crippen molar-refractivity contribution in [2.45, 2.75) is 0 Å². The maximum Gasteiger partial charge on any atom is 0.323 e. The summed E-state index contributed by atoms with van der Waals surface area (Å²) in [6.45, 7) is 0. The Morgan fingerprint density at radius 1 is 1.42 bits per heavy atom. The Morgan fingerprint density at radius 3 is 2.79 bits per heavy atom. The van der Waals surface area contributed by atoms with Crippen LogP contribution in [0.3, 0.4) is 0 Å². The number of aromatic hydroxyl groups is 1. The molecule has 8 nitrogen and oxygen atoms in total. The largest absolute Gasteiger partial charge is 0.504 e. The van der Waals surface area contributed by atoms with E-state index in [1.807, 2.05) is 6.07 Å². The molecule has 124 valence electrons. The third-order valence-corrected chi connectivity index (χ3v) is 3.66. The minimum absolute atomic E-state index is 0.0811. The van der Waals surface area contributed by atoms with Crippen LogP contribution in [-0.4, -0.2) is 29.3 Å². The van der Waals surface area contributed by atoms with Gasteiger partial charge in [-0.1, -0.05) is 6.07 Å². The van der Waals surface area contributed by atoms with Gasteiger partial charge in [-0.25, -0.2) is 5.43 Å². The summed E-state index contributed by atoms with van der Waals surface area (Å²) < 4.78 is 5.74.